The topological polar surface area (TPSA) is 38.5 Å². The summed E-state index contributed by atoms with van der Waals surface area (Å²) in [5, 5.41) is 0. The lowest BCUT2D eigenvalue weighted by Crippen LogP contribution is -2.31. The standard InChI is InChI=1S/C15H23BrN2O/c1-18(10-12-3-2-8-19-11-12)15-9-14(16)5-4-13(15)6-7-17/h4-5,9,12H,2-3,6-8,10-11,17H2,1H3. The summed E-state index contributed by atoms with van der Waals surface area (Å²) in [6, 6.07) is 6.45. The maximum Gasteiger partial charge on any atom is 0.0511 e. The van der Waals surface area contributed by atoms with Crippen molar-refractivity contribution in [3.8, 4) is 0 Å². The Hall–Kier alpha value is -0.580. The first-order valence-electron chi connectivity index (χ1n) is 6.98. The molecule has 3 nitrogen and oxygen atoms in total. The van der Waals surface area contributed by atoms with Crippen molar-refractivity contribution >= 4 is 21.6 Å². The van der Waals surface area contributed by atoms with Gasteiger partial charge in [0.25, 0.3) is 0 Å². The van der Waals surface area contributed by atoms with E-state index in [0.29, 0.717) is 12.5 Å². The number of hydrogen-bond acceptors (Lipinski definition) is 3. The van der Waals surface area contributed by atoms with E-state index in [1.807, 2.05) is 0 Å². The Bertz CT molecular complexity index is 405. The summed E-state index contributed by atoms with van der Waals surface area (Å²) in [4.78, 5) is 2.34. The van der Waals surface area contributed by atoms with Crippen LogP contribution in [0.15, 0.2) is 22.7 Å². The first kappa shape index (κ1) is 14.8. The smallest absolute Gasteiger partial charge is 0.0511 e. The summed E-state index contributed by atoms with van der Waals surface area (Å²) in [5.41, 5.74) is 8.31. The lowest BCUT2D eigenvalue weighted by Gasteiger charge is -2.29. The zero-order chi connectivity index (χ0) is 13.7. The number of ether oxygens (including phenoxy) is 1. The van der Waals surface area contributed by atoms with Crippen LogP contribution in [0.3, 0.4) is 0 Å². The van der Waals surface area contributed by atoms with E-state index in [4.69, 9.17) is 10.5 Å². The number of hydrogen-bond donors (Lipinski definition) is 1. The fourth-order valence-corrected chi connectivity index (χ4v) is 3.05. The van der Waals surface area contributed by atoms with Gasteiger partial charge in [-0.1, -0.05) is 22.0 Å². The Kier molecular flexibility index (Phi) is 5.67. The Balaban J connectivity index is 2.07. The van der Waals surface area contributed by atoms with Gasteiger partial charge in [0.1, 0.15) is 0 Å². The molecule has 0 saturated carbocycles. The van der Waals surface area contributed by atoms with Crippen LogP contribution in [0.4, 0.5) is 5.69 Å². The third-order valence-electron chi connectivity index (χ3n) is 3.66. The Morgan fingerprint density at radius 3 is 3.00 bits per heavy atom. The average molecular weight is 327 g/mol. The second-order valence-electron chi connectivity index (χ2n) is 5.28. The molecule has 1 unspecified atom stereocenters. The second kappa shape index (κ2) is 7.27. The number of rotatable bonds is 5. The van der Waals surface area contributed by atoms with E-state index < -0.39 is 0 Å². The molecule has 0 radical (unpaired) electrons. The molecule has 19 heavy (non-hydrogen) atoms. The number of benzene rings is 1. The molecule has 2 rings (SSSR count). The molecule has 0 spiro atoms. The molecule has 4 heteroatoms. The molecule has 106 valence electrons. The minimum Gasteiger partial charge on any atom is -0.381 e. The van der Waals surface area contributed by atoms with Crippen LogP contribution in [0.5, 0.6) is 0 Å². The van der Waals surface area contributed by atoms with Crippen LogP contribution < -0.4 is 10.6 Å². The highest BCUT2D eigenvalue weighted by molar-refractivity contribution is 9.10. The fraction of sp³-hybridized carbons (Fsp3) is 0.600. The highest BCUT2D eigenvalue weighted by Gasteiger charge is 2.17. The van der Waals surface area contributed by atoms with Gasteiger partial charge in [0.15, 0.2) is 0 Å². The van der Waals surface area contributed by atoms with Crippen LogP contribution >= 0.6 is 15.9 Å². The second-order valence-corrected chi connectivity index (χ2v) is 6.19. The molecular weight excluding hydrogens is 304 g/mol. The Morgan fingerprint density at radius 2 is 2.32 bits per heavy atom. The van der Waals surface area contributed by atoms with Gasteiger partial charge in [0, 0.05) is 30.4 Å². The zero-order valence-corrected chi connectivity index (χ0v) is 13.2. The van der Waals surface area contributed by atoms with Crippen LogP contribution in [0.25, 0.3) is 0 Å². The van der Waals surface area contributed by atoms with E-state index in [-0.39, 0.29) is 0 Å². The van der Waals surface area contributed by atoms with Gasteiger partial charge in [-0.3, -0.25) is 0 Å². The molecule has 2 N–H and O–H groups in total. The molecule has 1 atom stereocenters. The van der Waals surface area contributed by atoms with Crippen molar-refractivity contribution in [3.63, 3.8) is 0 Å². The lowest BCUT2D eigenvalue weighted by atomic mass is 10.0. The van der Waals surface area contributed by atoms with Crippen molar-refractivity contribution in [1.29, 1.82) is 0 Å². The van der Waals surface area contributed by atoms with E-state index >= 15 is 0 Å². The highest BCUT2D eigenvalue weighted by Crippen LogP contribution is 2.26. The SMILES string of the molecule is CN(CC1CCCOC1)c1cc(Br)ccc1CCN. The van der Waals surface area contributed by atoms with Gasteiger partial charge in [0.05, 0.1) is 6.61 Å². The predicted molar refractivity (Wildman–Crippen MR) is 83.7 cm³/mol. The van der Waals surface area contributed by atoms with Crippen molar-refractivity contribution in [1.82, 2.24) is 0 Å². The van der Waals surface area contributed by atoms with E-state index in [1.54, 1.807) is 0 Å². The predicted octanol–water partition coefficient (Wildman–Crippen LogP) is 2.81. The molecule has 1 fully saturated rings. The normalized spacial score (nSPS) is 19.4. The minimum atomic E-state index is 0.642. The fourth-order valence-electron chi connectivity index (χ4n) is 2.70. The first-order chi connectivity index (χ1) is 9.20. The largest absolute Gasteiger partial charge is 0.381 e. The third kappa shape index (κ3) is 4.20. The monoisotopic (exact) mass is 326 g/mol. The minimum absolute atomic E-state index is 0.642. The number of halogens is 1. The molecule has 1 aliphatic rings. The summed E-state index contributed by atoms with van der Waals surface area (Å²) >= 11 is 3.56. The van der Waals surface area contributed by atoms with Crippen molar-refractivity contribution in [3.05, 3.63) is 28.2 Å². The Morgan fingerprint density at radius 1 is 1.47 bits per heavy atom. The van der Waals surface area contributed by atoms with Crippen LogP contribution in [-0.4, -0.2) is 33.4 Å². The quantitative estimate of drug-likeness (QED) is 0.904. The third-order valence-corrected chi connectivity index (χ3v) is 4.15. The van der Waals surface area contributed by atoms with E-state index in [9.17, 15) is 0 Å². The summed E-state index contributed by atoms with van der Waals surface area (Å²) < 4.78 is 6.68. The summed E-state index contributed by atoms with van der Waals surface area (Å²) in [7, 11) is 2.16. The van der Waals surface area contributed by atoms with Crippen LogP contribution in [0, 0.1) is 5.92 Å². The van der Waals surface area contributed by atoms with Gasteiger partial charge in [-0.25, -0.2) is 0 Å². The van der Waals surface area contributed by atoms with Gasteiger partial charge < -0.3 is 15.4 Å². The molecule has 0 bridgehead atoms. The van der Waals surface area contributed by atoms with Crippen molar-refractivity contribution in [2.24, 2.45) is 11.7 Å². The average Bonchev–Trinajstić information content (AvgIpc) is 2.42. The number of anilines is 1. The van der Waals surface area contributed by atoms with Gasteiger partial charge in [-0.05, 0) is 49.4 Å². The zero-order valence-electron chi connectivity index (χ0n) is 11.6. The van der Waals surface area contributed by atoms with Crippen molar-refractivity contribution in [2.75, 3.05) is 38.3 Å². The summed E-state index contributed by atoms with van der Waals surface area (Å²) in [6.07, 6.45) is 3.38. The van der Waals surface area contributed by atoms with E-state index in [2.05, 4.69) is 46.1 Å². The summed E-state index contributed by atoms with van der Waals surface area (Å²) in [6.45, 7) is 3.56. The van der Waals surface area contributed by atoms with Gasteiger partial charge in [-0.15, -0.1) is 0 Å². The molecule has 1 aliphatic heterocycles. The molecule has 1 saturated heterocycles. The molecule has 1 aromatic carbocycles. The Labute approximate surface area is 124 Å². The number of nitrogens with zero attached hydrogens (tertiary/aromatic N) is 1. The molecule has 0 aliphatic carbocycles. The lowest BCUT2D eigenvalue weighted by molar-refractivity contribution is 0.0576. The first-order valence-corrected chi connectivity index (χ1v) is 7.77. The molecule has 0 aromatic heterocycles. The van der Waals surface area contributed by atoms with Gasteiger partial charge in [-0.2, -0.15) is 0 Å². The molecule has 1 heterocycles. The number of nitrogens with two attached hydrogens (primary N) is 1. The van der Waals surface area contributed by atoms with Crippen LogP contribution in [-0.2, 0) is 11.2 Å². The molecule has 1 aromatic rings. The maximum absolute atomic E-state index is 5.70. The van der Waals surface area contributed by atoms with Gasteiger partial charge >= 0.3 is 0 Å². The van der Waals surface area contributed by atoms with Crippen LogP contribution in [0.1, 0.15) is 18.4 Å². The molecular formula is C15H23BrN2O. The highest BCUT2D eigenvalue weighted by atomic mass is 79.9. The van der Waals surface area contributed by atoms with Gasteiger partial charge in [0.2, 0.25) is 0 Å². The van der Waals surface area contributed by atoms with E-state index in [1.165, 1.54) is 24.1 Å². The van der Waals surface area contributed by atoms with Crippen molar-refractivity contribution < 1.29 is 4.74 Å². The maximum atomic E-state index is 5.70. The van der Waals surface area contributed by atoms with Crippen molar-refractivity contribution in [2.45, 2.75) is 19.3 Å². The molecule has 0 amide bonds. The summed E-state index contributed by atoms with van der Waals surface area (Å²) in [5.74, 6) is 0.642. The van der Waals surface area contributed by atoms with E-state index in [0.717, 1.165) is 30.7 Å². The van der Waals surface area contributed by atoms with Crippen LogP contribution in [0.2, 0.25) is 0 Å².